The van der Waals surface area contributed by atoms with Crippen molar-refractivity contribution in [1.82, 2.24) is 0 Å². The van der Waals surface area contributed by atoms with Crippen LogP contribution < -0.4 is 14.4 Å². The van der Waals surface area contributed by atoms with Crippen molar-refractivity contribution in [2.45, 2.75) is 33.2 Å². The maximum atomic E-state index is 13.3. The van der Waals surface area contributed by atoms with E-state index in [-0.39, 0.29) is 11.3 Å². The Morgan fingerprint density at radius 1 is 1.00 bits per heavy atom. The van der Waals surface area contributed by atoms with Crippen LogP contribution in [0.4, 0.5) is 5.69 Å². The Morgan fingerprint density at radius 2 is 1.74 bits per heavy atom. The first-order valence-corrected chi connectivity index (χ1v) is 11.6. The van der Waals surface area contributed by atoms with Crippen molar-refractivity contribution in [3.8, 4) is 11.5 Å². The van der Waals surface area contributed by atoms with E-state index in [9.17, 15) is 14.7 Å². The molecule has 1 amide bonds. The number of ketones is 1. The molecule has 0 aromatic heterocycles. The van der Waals surface area contributed by atoms with Gasteiger partial charge in [0.1, 0.15) is 17.3 Å². The number of aliphatic hydroxyl groups is 1. The number of benzene rings is 3. The Labute approximate surface area is 205 Å². The Bertz CT molecular complexity index is 1290. The van der Waals surface area contributed by atoms with Gasteiger partial charge in [0.25, 0.3) is 11.7 Å². The molecule has 1 heterocycles. The number of Topliss-reactive ketones (excluding diaryl/α,β-unsaturated/α-hetero) is 1. The third-order valence-electron chi connectivity index (χ3n) is 6.06. The lowest BCUT2D eigenvalue weighted by molar-refractivity contribution is -0.132. The molecule has 1 atom stereocenters. The maximum Gasteiger partial charge on any atom is 0.300 e. The van der Waals surface area contributed by atoms with Gasteiger partial charge in [-0.25, -0.2) is 0 Å². The van der Waals surface area contributed by atoms with Crippen LogP contribution in [0.1, 0.15) is 41.6 Å². The molecule has 0 bridgehead atoms. The summed E-state index contributed by atoms with van der Waals surface area (Å²) in [5.74, 6) is -0.275. The Balaban J connectivity index is 1.87. The summed E-state index contributed by atoms with van der Waals surface area (Å²) < 4.78 is 11.0. The number of ether oxygens (including phenoxy) is 2. The second-order valence-corrected chi connectivity index (χ2v) is 8.61. The van der Waals surface area contributed by atoms with E-state index in [0.29, 0.717) is 23.6 Å². The highest BCUT2D eigenvalue weighted by molar-refractivity contribution is 6.51. The van der Waals surface area contributed by atoms with Gasteiger partial charge in [-0.2, -0.15) is 0 Å². The van der Waals surface area contributed by atoms with Crippen molar-refractivity contribution < 1.29 is 24.2 Å². The molecule has 6 heteroatoms. The van der Waals surface area contributed by atoms with Crippen molar-refractivity contribution in [3.63, 3.8) is 0 Å². The molecule has 1 saturated heterocycles. The lowest BCUT2D eigenvalue weighted by Crippen LogP contribution is -2.29. The largest absolute Gasteiger partial charge is 0.507 e. The van der Waals surface area contributed by atoms with Crippen molar-refractivity contribution in [2.24, 2.45) is 0 Å². The molecule has 3 aromatic carbocycles. The first-order chi connectivity index (χ1) is 16.8. The Morgan fingerprint density at radius 3 is 2.37 bits per heavy atom. The van der Waals surface area contributed by atoms with Crippen LogP contribution in [0, 0.1) is 13.8 Å². The molecule has 0 aliphatic carbocycles. The van der Waals surface area contributed by atoms with Crippen molar-refractivity contribution in [2.75, 3.05) is 18.6 Å². The summed E-state index contributed by atoms with van der Waals surface area (Å²) in [7, 11) is 1.56. The van der Waals surface area contributed by atoms with E-state index in [2.05, 4.69) is 0 Å². The summed E-state index contributed by atoms with van der Waals surface area (Å²) >= 11 is 0. The highest BCUT2D eigenvalue weighted by Crippen LogP contribution is 2.43. The van der Waals surface area contributed by atoms with Gasteiger partial charge in [-0.05, 0) is 73.9 Å². The predicted octanol–water partition coefficient (Wildman–Crippen LogP) is 5.73. The average molecular weight is 472 g/mol. The van der Waals surface area contributed by atoms with Crippen molar-refractivity contribution >= 4 is 23.1 Å². The van der Waals surface area contributed by atoms with Gasteiger partial charge in [-0.3, -0.25) is 14.5 Å². The first kappa shape index (κ1) is 24.1. The second-order valence-electron chi connectivity index (χ2n) is 8.61. The third-order valence-corrected chi connectivity index (χ3v) is 6.06. The van der Waals surface area contributed by atoms with E-state index in [1.54, 1.807) is 49.6 Å². The van der Waals surface area contributed by atoms with E-state index in [1.165, 1.54) is 4.90 Å². The zero-order valence-electron chi connectivity index (χ0n) is 20.4. The molecule has 6 nitrogen and oxygen atoms in total. The quantitative estimate of drug-likeness (QED) is 0.271. The van der Waals surface area contributed by atoms with Crippen LogP contribution in [0.2, 0.25) is 0 Å². The molecule has 1 aliphatic heterocycles. The number of methoxy groups -OCH3 is 1. The summed E-state index contributed by atoms with van der Waals surface area (Å²) in [6.07, 6.45) is 0.881. The standard InChI is InChI=1S/C29H29NO5/c1-5-15-35-24-14-9-21(17-19(24)3)27(31)25-26(20-8-6-7-18(2)16-20)30(29(33)28(25)32)22-10-12-23(34-4)13-11-22/h6-14,16-17,26,31H,5,15H2,1-4H3/b27-25-. The number of amides is 1. The fraction of sp³-hybridized carbons (Fsp3) is 0.241. The molecular weight excluding hydrogens is 442 g/mol. The molecule has 3 aromatic rings. The normalized spacial score (nSPS) is 17.0. The number of rotatable bonds is 7. The number of aryl methyl sites for hydroxylation is 2. The monoisotopic (exact) mass is 471 g/mol. The van der Waals surface area contributed by atoms with Crippen molar-refractivity contribution in [1.29, 1.82) is 0 Å². The number of nitrogens with zero attached hydrogens (tertiary/aromatic N) is 1. The number of carbonyl (C=O) groups is 2. The van der Waals surface area contributed by atoms with Gasteiger partial charge in [-0.15, -0.1) is 0 Å². The van der Waals surface area contributed by atoms with Crippen molar-refractivity contribution in [3.05, 3.63) is 94.6 Å². The molecule has 1 aliphatic rings. The molecule has 4 rings (SSSR count). The fourth-order valence-electron chi connectivity index (χ4n) is 4.32. The van der Waals surface area contributed by atoms with Gasteiger partial charge in [0.05, 0.1) is 25.3 Å². The van der Waals surface area contributed by atoms with Crippen LogP contribution in [0.15, 0.2) is 72.3 Å². The Hall–Kier alpha value is -4.06. The van der Waals surface area contributed by atoms with Gasteiger partial charge in [-0.1, -0.05) is 36.8 Å². The summed E-state index contributed by atoms with van der Waals surface area (Å²) in [5, 5.41) is 11.4. The summed E-state index contributed by atoms with van der Waals surface area (Å²) in [6.45, 7) is 6.45. The van der Waals surface area contributed by atoms with Gasteiger partial charge in [0.2, 0.25) is 0 Å². The molecule has 1 unspecified atom stereocenters. The fourth-order valence-corrected chi connectivity index (χ4v) is 4.32. The van der Waals surface area contributed by atoms with Gasteiger partial charge in [0.15, 0.2) is 0 Å². The lowest BCUT2D eigenvalue weighted by atomic mass is 9.94. The number of hydrogen-bond acceptors (Lipinski definition) is 5. The minimum atomic E-state index is -0.778. The lowest BCUT2D eigenvalue weighted by Gasteiger charge is -2.26. The van der Waals surface area contributed by atoms with Gasteiger partial charge >= 0.3 is 0 Å². The van der Waals surface area contributed by atoms with E-state index >= 15 is 0 Å². The summed E-state index contributed by atoms with van der Waals surface area (Å²) in [6, 6.07) is 19.0. The molecule has 35 heavy (non-hydrogen) atoms. The minimum Gasteiger partial charge on any atom is -0.507 e. The molecular formula is C29H29NO5. The van der Waals surface area contributed by atoms with Crippen LogP contribution in [-0.4, -0.2) is 30.5 Å². The molecule has 1 fully saturated rings. The highest BCUT2D eigenvalue weighted by atomic mass is 16.5. The zero-order valence-corrected chi connectivity index (χ0v) is 20.4. The summed E-state index contributed by atoms with van der Waals surface area (Å²) in [5.41, 5.74) is 3.60. The zero-order chi connectivity index (χ0) is 25.1. The van der Waals surface area contributed by atoms with Gasteiger partial charge < -0.3 is 14.6 Å². The van der Waals surface area contributed by atoms with E-state index < -0.39 is 17.7 Å². The van der Waals surface area contributed by atoms with Crippen LogP contribution >= 0.6 is 0 Å². The van der Waals surface area contributed by atoms with E-state index in [0.717, 1.165) is 28.9 Å². The number of aliphatic hydroxyl groups excluding tert-OH is 1. The van der Waals surface area contributed by atoms with Crippen LogP contribution in [0.5, 0.6) is 11.5 Å². The SMILES string of the molecule is CCCOc1ccc(/C(O)=C2/C(=O)C(=O)N(c3ccc(OC)cc3)C2c2cccc(C)c2)cc1C. The van der Waals surface area contributed by atoms with Gasteiger partial charge in [0, 0.05) is 11.3 Å². The highest BCUT2D eigenvalue weighted by Gasteiger charge is 2.47. The van der Waals surface area contributed by atoms with Crippen LogP contribution in [0.25, 0.3) is 5.76 Å². The molecule has 180 valence electrons. The minimum absolute atomic E-state index is 0.0537. The topological polar surface area (TPSA) is 76.1 Å². The number of anilines is 1. The Kier molecular flexibility index (Phi) is 6.92. The van der Waals surface area contributed by atoms with Crippen LogP contribution in [0.3, 0.4) is 0 Å². The van der Waals surface area contributed by atoms with E-state index in [4.69, 9.17) is 9.47 Å². The molecule has 0 radical (unpaired) electrons. The molecule has 0 spiro atoms. The first-order valence-electron chi connectivity index (χ1n) is 11.6. The second kappa shape index (κ2) is 10.1. The molecule has 1 N–H and O–H groups in total. The molecule has 0 saturated carbocycles. The number of hydrogen-bond donors (Lipinski definition) is 1. The van der Waals surface area contributed by atoms with Crippen LogP contribution in [-0.2, 0) is 9.59 Å². The predicted molar refractivity (Wildman–Crippen MR) is 136 cm³/mol. The number of carbonyl (C=O) groups excluding carboxylic acids is 2. The average Bonchev–Trinajstić information content (AvgIpc) is 3.13. The summed E-state index contributed by atoms with van der Waals surface area (Å²) in [4.78, 5) is 28.1. The van der Waals surface area contributed by atoms with E-state index in [1.807, 2.05) is 45.0 Å². The third kappa shape index (κ3) is 4.64. The maximum absolute atomic E-state index is 13.3. The smallest absolute Gasteiger partial charge is 0.300 e.